The molecule has 30 heavy (non-hydrogen) atoms. The molecule has 2 aromatic heterocycles. The number of para-hydroxylation sites is 1. The van der Waals surface area contributed by atoms with Gasteiger partial charge in [-0.15, -0.1) is 0 Å². The molecule has 4 rings (SSSR count). The standard InChI is InChI=1S/C19H19FN4O5S/c20-13-3-1-4-15-17(13)21-19(30-15)23(8-2-7-22-9-11-28-12-10-22)18(25)14-5-6-16(29-14)24(26)27/h1,3-6H,2,7-12H2. The largest absolute Gasteiger partial charge is 0.433 e. The Morgan fingerprint density at radius 1 is 1.30 bits per heavy atom. The summed E-state index contributed by atoms with van der Waals surface area (Å²) in [5, 5.41) is 11.2. The SMILES string of the molecule is O=C(c1ccc([N+](=O)[O-])o1)N(CCCN1CCOCC1)c1nc2c(F)cccc2s1. The lowest BCUT2D eigenvalue weighted by atomic mass is 10.3. The number of aromatic nitrogens is 1. The number of halogens is 1. The number of morpholine rings is 1. The Labute approximate surface area is 174 Å². The maximum atomic E-state index is 14.1. The number of thiazole rings is 1. The summed E-state index contributed by atoms with van der Waals surface area (Å²) in [6.45, 7) is 4.07. The molecule has 0 radical (unpaired) electrons. The van der Waals surface area contributed by atoms with E-state index < -0.39 is 22.5 Å². The van der Waals surface area contributed by atoms with E-state index in [4.69, 9.17) is 9.15 Å². The molecule has 3 heterocycles. The number of furan rings is 1. The van der Waals surface area contributed by atoms with Crippen LogP contribution in [0.4, 0.5) is 15.4 Å². The highest BCUT2D eigenvalue weighted by molar-refractivity contribution is 7.22. The molecule has 0 aliphatic carbocycles. The Hall–Kier alpha value is -2.89. The zero-order valence-electron chi connectivity index (χ0n) is 16.0. The minimum atomic E-state index is -0.702. The number of carbonyl (C=O) groups is 1. The van der Waals surface area contributed by atoms with E-state index in [0.717, 1.165) is 25.7 Å². The molecule has 1 fully saturated rings. The van der Waals surface area contributed by atoms with E-state index in [2.05, 4.69) is 9.88 Å². The van der Waals surface area contributed by atoms with E-state index in [1.807, 2.05) is 0 Å². The number of benzene rings is 1. The number of anilines is 1. The van der Waals surface area contributed by atoms with Crippen LogP contribution < -0.4 is 4.90 Å². The first-order valence-electron chi connectivity index (χ1n) is 9.44. The van der Waals surface area contributed by atoms with Crippen molar-refractivity contribution in [3.63, 3.8) is 0 Å². The van der Waals surface area contributed by atoms with Gasteiger partial charge in [0, 0.05) is 26.2 Å². The van der Waals surface area contributed by atoms with Crippen molar-refractivity contribution >= 4 is 38.5 Å². The van der Waals surface area contributed by atoms with Crippen molar-refractivity contribution in [2.45, 2.75) is 6.42 Å². The van der Waals surface area contributed by atoms with Gasteiger partial charge in [-0.1, -0.05) is 17.4 Å². The molecule has 0 unspecified atom stereocenters. The predicted octanol–water partition coefficient (Wildman–Crippen LogP) is 3.31. The Morgan fingerprint density at radius 2 is 2.10 bits per heavy atom. The molecular weight excluding hydrogens is 415 g/mol. The lowest BCUT2D eigenvalue weighted by Gasteiger charge is -2.27. The van der Waals surface area contributed by atoms with Gasteiger partial charge in [0.1, 0.15) is 16.3 Å². The van der Waals surface area contributed by atoms with Crippen molar-refractivity contribution in [3.8, 4) is 0 Å². The third-order valence-electron chi connectivity index (χ3n) is 4.78. The zero-order chi connectivity index (χ0) is 21.1. The summed E-state index contributed by atoms with van der Waals surface area (Å²) in [5.74, 6) is -1.69. The van der Waals surface area contributed by atoms with Crippen LogP contribution in [0.15, 0.2) is 34.7 Å². The Balaban J connectivity index is 1.58. The summed E-state index contributed by atoms with van der Waals surface area (Å²) >= 11 is 1.19. The molecule has 158 valence electrons. The first-order chi connectivity index (χ1) is 14.5. The fourth-order valence-corrected chi connectivity index (χ4v) is 4.26. The van der Waals surface area contributed by atoms with Crippen LogP contribution in [0.25, 0.3) is 10.2 Å². The first-order valence-corrected chi connectivity index (χ1v) is 10.3. The molecule has 0 atom stereocenters. The summed E-state index contributed by atoms with van der Waals surface area (Å²) in [6.07, 6.45) is 0.646. The number of hydrogen-bond acceptors (Lipinski definition) is 8. The van der Waals surface area contributed by atoms with Crippen LogP contribution in [-0.4, -0.2) is 60.1 Å². The smallest absolute Gasteiger partial charge is 0.395 e. The lowest BCUT2D eigenvalue weighted by molar-refractivity contribution is -0.402. The third-order valence-corrected chi connectivity index (χ3v) is 5.82. The molecule has 1 aliphatic rings. The summed E-state index contributed by atoms with van der Waals surface area (Å²) < 4.78 is 25.1. The third kappa shape index (κ3) is 4.32. The molecule has 0 bridgehead atoms. The maximum absolute atomic E-state index is 14.1. The molecule has 1 aliphatic heterocycles. The second kappa shape index (κ2) is 8.86. The number of nitrogens with zero attached hydrogens (tertiary/aromatic N) is 4. The van der Waals surface area contributed by atoms with Crippen molar-refractivity contribution in [1.82, 2.24) is 9.88 Å². The van der Waals surface area contributed by atoms with E-state index >= 15 is 0 Å². The molecule has 1 amide bonds. The molecule has 1 aromatic carbocycles. The fraction of sp³-hybridized carbons (Fsp3) is 0.368. The van der Waals surface area contributed by atoms with Gasteiger partial charge in [-0.2, -0.15) is 0 Å². The van der Waals surface area contributed by atoms with Crippen molar-refractivity contribution in [3.05, 3.63) is 52.0 Å². The van der Waals surface area contributed by atoms with Crippen LogP contribution in [0.2, 0.25) is 0 Å². The number of amides is 1. The average Bonchev–Trinajstić information content (AvgIpc) is 3.40. The van der Waals surface area contributed by atoms with Gasteiger partial charge in [0.05, 0.1) is 24.0 Å². The highest BCUT2D eigenvalue weighted by Gasteiger charge is 2.26. The summed E-state index contributed by atoms with van der Waals surface area (Å²) in [4.78, 5) is 31.2. The van der Waals surface area contributed by atoms with Crippen LogP contribution in [0.1, 0.15) is 17.0 Å². The first kappa shape index (κ1) is 20.4. The molecule has 0 N–H and O–H groups in total. The summed E-state index contributed by atoms with van der Waals surface area (Å²) in [7, 11) is 0. The van der Waals surface area contributed by atoms with Crippen LogP contribution in [0.3, 0.4) is 0 Å². The number of fused-ring (bicyclic) bond motifs is 1. The van der Waals surface area contributed by atoms with Crippen molar-refractivity contribution in [1.29, 1.82) is 0 Å². The van der Waals surface area contributed by atoms with Gasteiger partial charge in [-0.05, 0) is 24.6 Å². The zero-order valence-corrected chi connectivity index (χ0v) is 16.8. The highest BCUT2D eigenvalue weighted by atomic mass is 32.1. The molecule has 0 saturated carbocycles. The van der Waals surface area contributed by atoms with Crippen LogP contribution >= 0.6 is 11.3 Å². The van der Waals surface area contributed by atoms with E-state index in [0.29, 0.717) is 36.0 Å². The van der Waals surface area contributed by atoms with Gasteiger partial charge in [0.15, 0.2) is 10.9 Å². The second-order valence-corrected chi connectivity index (χ2v) is 7.75. The molecule has 3 aromatic rings. The van der Waals surface area contributed by atoms with Gasteiger partial charge >= 0.3 is 5.88 Å². The number of ether oxygens (including phenoxy) is 1. The summed E-state index contributed by atoms with van der Waals surface area (Å²) in [5.41, 5.74) is 0.189. The Bertz CT molecular complexity index is 1060. The number of rotatable bonds is 7. The van der Waals surface area contributed by atoms with Gasteiger partial charge in [-0.25, -0.2) is 9.37 Å². The molecule has 0 spiro atoms. The highest BCUT2D eigenvalue weighted by Crippen LogP contribution is 2.31. The van der Waals surface area contributed by atoms with Crippen molar-refractivity contribution in [2.24, 2.45) is 0 Å². The van der Waals surface area contributed by atoms with E-state index in [1.165, 1.54) is 28.4 Å². The van der Waals surface area contributed by atoms with Gasteiger partial charge in [-0.3, -0.25) is 24.7 Å². The lowest BCUT2D eigenvalue weighted by Crippen LogP contribution is -2.39. The normalized spacial score (nSPS) is 14.8. The molecular formula is C19H19FN4O5S. The fourth-order valence-electron chi connectivity index (χ4n) is 3.25. The predicted molar refractivity (Wildman–Crippen MR) is 108 cm³/mol. The minimum Gasteiger partial charge on any atom is -0.395 e. The quantitative estimate of drug-likeness (QED) is 0.415. The topological polar surface area (TPSA) is 102 Å². The Morgan fingerprint density at radius 3 is 2.80 bits per heavy atom. The monoisotopic (exact) mass is 434 g/mol. The molecule has 11 heteroatoms. The number of hydrogen-bond donors (Lipinski definition) is 0. The van der Waals surface area contributed by atoms with Gasteiger partial charge in [0.25, 0.3) is 5.91 Å². The van der Waals surface area contributed by atoms with E-state index in [9.17, 15) is 19.3 Å². The summed E-state index contributed by atoms with van der Waals surface area (Å²) in [6, 6.07) is 7.03. The van der Waals surface area contributed by atoms with E-state index in [-0.39, 0.29) is 11.3 Å². The number of carbonyl (C=O) groups excluding carboxylic acids is 1. The van der Waals surface area contributed by atoms with Crippen molar-refractivity contribution in [2.75, 3.05) is 44.3 Å². The number of nitro groups is 1. The van der Waals surface area contributed by atoms with Crippen LogP contribution in [-0.2, 0) is 4.74 Å². The van der Waals surface area contributed by atoms with Gasteiger partial charge in [0.2, 0.25) is 0 Å². The van der Waals surface area contributed by atoms with Crippen molar-refractivity contribution < 1.29 is 23.3 Å². The van der Waals surface area contributed by atoms with Crippen LogP contribution in [0.5, 0.6) is 0 Å². The average molecular weight is 434 g/mol. The van der Waals surface area contributed by atoms with E-state index in [1.54, 1.807) is 12.1 Å². The van der Waals surface area contributed by atoms with Crippen LogP contribution in [0, 0.1) is 15.9 Å². The second-order valence-electron chi connectivity index (χ2n) is 6.74. The van der Waals surface area contributed by atoms with Gasteiger partial charge < -0.3 is 9.15 Å². The Kier molecular flexibility index (Phi) is 6.02. The molecule has 1 saturated heterocycles. The maximum Gasteiger partial charge on any atom is 0.433 e. The molecule has 9 nitrogen and oxygen atoms in total. The minimum absolute atomic E-state index is 0.159.